The fourth-order valence-corrected chi connectivity index (χ4v) is 3.29. The van der Waals surface area contributed by atoms with E-state index >= 15 is 0 Å². The van der Waals surface area contributed by atoms with Crippen LogP contribution in [-0.2, 0) is 11.3 Å². The molecular formula is C19H28N6O2. The minimum atomic E-state index is -0.229. The fourth-order valence-electron chi connectivity index (χ4n) is 3.29. The standard InChI is InChI=1S/C19H28N6O2/c1-3-27-19(26)24-13-11-23(12-14-24)18(20-2)21-9-6-10-25-15-22-16-7-4-5-8-17(16)25/h4-5,7-8,15H,3,6,9-14H2,1-2H3,(H,20,21). The summed E-state index contributed by atoms with van der Waals surface area (Å²) in [6.45, 7) is 6.79. The second-order valence-corrected chi connectivity index (χ2v) is 6.43. The molecule has 0 bridgehead atoms. The average Bonchev–Trinajstić information content (AvgIpc) is 3.12. The van der Waals surface area contributed by atoms with Crippen LogP contribution in [0.25, 0.3) is 11.0 Å². The molecule has 1 aliphatic heterocycles. The maximum Gasteiger partial charge on any atom is 0.409 e. The highest BCUT2D eigenvalue weighted by molar-refractivity contribution is 5.80. The monoisotopic (exact) mass is 372 g/mol. The zero-order valence-electron chi connectivity index (χ0n) is 16.1. The smallest absolute Gasteiger partial charge is 0.409 e. The van der Waals surface area contributed by atoms with Crippen LogP contribution in [0.4, 0.5) is 4.79 Å². The predicted octanol–water partition coefficient (Wildman–Crippen LogP) is 1.78. The number of fused-ring (bicyclic) bond motifs is 1. The van der Waals surface area contributed by atoms with Gasteiger partial charge in [-0.1, -0.05) is 12.1 Å². The zero-order valence-corrected chi connectivity index (χ0v) is 16.1. The average molecular weight is 372 g/mol. The Morgan fingerprint density at radius 1 is 1.22 bits per heavy atom. The number of piperazine rings is 1. The van der Waals surface area contributed by atoms with E-state index in [-0.39, 0.29) is 6.09 Å². The van der Waals surface area contributed by atoms with Gasteiger partial charge < -0.3 is 24.4 Å². The molecule has 1 aromatic heterocycles. The molecule has 1 amide bonds. The number of para-hydroxylation sites is 2. The minimum Gasteiger partial charge on any atom is -0.450 e. The number of hydrogen-bond acceptors (Lipinski definition) is 4. The van der Waals surface area contributed by atoms with E-state index in [0.29, 0.717) is 19.7 Å². The summed E-state index contributed by atoms with van der Waals surface area (Å²) < 4.78 is 7.24. The number of rotatable bonds is 5. The molecule has 1 aliphatic rings. The van der Waals surface area contributed by atoms with E-state index in [4.69, 9.17) is 4.74 Å². The molecule has 2 aromatic rings. The van der Waals surface area contributed by atoms with Crippen molar-refractivity contribution in [2.24, 2.45) is 4.99 Å². The van der Waals surface area contributed by atoms with Crippen molar-refractivity contribution in [3.8, 4) is 0 Å². The molecule has 0 aliphatic carbocycles. The SMILES string of the molecule is CCOC(=O)N1CCN(C(=NC)NCCCn2cnc3ccccc32)CC1. The van der Waals surface area contributed by atoms with Gasteiger partial charge in [-0.05, 0) is 25.5 Å². The Morgan fingerprint density at radius 2 is 1.96 bits per heavy atom. The highest BCUT2D eigenvalue weighted by Gasteiger charge is 2.23. The summed E-state index contributed by atoms with van der Waals surface area (Å²) in [5.74, 6) is 0.883. The van der Waals surface area contributed by atoms with Gasteiger partial charge in [-0.3, -0.25) is 4.99 Å². The number of hydrogen-bond donors (Lipinski definition) is 1. The topological polar surface area (TPSA) is 75.0 Å². The first-order chi connectivity index (χ1) is 13.2. The van der Waals surface area contributed by atoms with Crippen molar-refractivity contribution in [2.75, 3.05) is 46.4 Å². The van der Waals surface area contributed by atoms with Crippen molar-refractivity contribution in [2.45, 2.75) is 19.9 Å². The number of imidazole rings is 1. The van der Waals surface area contributed by atoms with Gasteiger partial charge in [0, 0.05) is 46.3 Å². The summed E-state index contributed by atoms with van der Waals surface area (Å²) in [4.78, 5) is 24.5. The molecule has 0 atom stereocenters. The lowest BCUT2D eigenvalue weighted by Gasteiger charge is -2.35. The number of benzene rings is 1. The van der Waals surface area contributed by atoms with E-state index in [1.165, 1.54) is 0 Å². The van der Waals surface area contributed by atoms with Crippen LogP contribution >= 0.6 is 0 Å². The molecule has 1 aromatic carbocycles. The van der Waals surface area contributed by atoms with E-state index in [9.17, 15) is 4.79 Å². The zero-order chi connectivity index (χ0) is 19.1. The number of aryl methyl sites for hydroxylation is 1. The third kappa shape index (κ3) is 4.69. The fraction of sp³-hybridized carbons (Fsp3) is 0.526. The number of guanidine groups is 1. The van der Waals surface area contributed by atoms with E-state index in [1.807, 2.05) is 31.5 Å². The lowest BCUT2D eigenvalue weighted by atomic mass is 10.3. The number of ether oxygens (including phenoxy) is 1. The first-order valence-electron chi connectivity index (χ1n) is 9.50. The van der Waals surface area contributed by atoms with Crippen molar-refractivity contribution in [1.82, 2.24) is 24.7 Å². The van der Waals surface area contributed by atoms with Crippen molar-refractivity contribution < 1.29 is 9.53 Å². The molecular weight excluding hydrogens is 344 g/mol. The summed E-state index contributed by atoms with van der Waals surface area (Å²) in [5.41, 5.74) is 2.19. The molecule has 0 spiro atoms. The molecule has 146 valence electrons. The van der Waals surface area contributed by atoms with Crippen molar-refractivity contribution >= 4 is 23.1 Å². The van der Waals surface area contributed by atoms with Gasteiger partial charge in [-0.15, -0.1) is 0 Å². The van der Waals surface area contributed by atoms with Gasteiger partial charge in [-0.25, -0.2) is 9.78 Å². The van der Waals surface area contributed by atoms with E-state index in [1.54, 1.807) is 11.9 Å². The van der Waals surface area contributed by atoms with Gasteiger partial charge in [0.25, 0.3) is 0 Å². The summed E-state index contributed by atoms with van der Waals surface area (Å²) in [5, 5.41) is 3.43. The van der Waals surface area contributed by atoms with Crippen LogP contribution in [0, 0.1) is 0 Å². The third-order valence-corrected chi connectivity index (χ3v) is 4.70. The number of carbonyl (C=O) groups excluding carboxylic acids is 1. The van der Waals surface area contributed by atoms with E-state index in [0.717, 1.165) is 49.6 Å². The third-order valence-electron chi connectivity index (χ3n) is 4.70. The summed E-state index contributed by atoms with van der Waals surface area (Å²) in [6, 6.07) is 8.17. The number of aromatic nitrogens is 2. The quantitative estimate of drug-likeness (QED) is 0.492. The van der Waals surface area contributed by atoms with Crippen LogP contribution in [0.3, 0.4) is 0 Å². The molecule has 0 radical (unpaired) electrons. The molecule has 8 nitrogen and oxygen atoms in total. The first kappa shape index (κ1) is 19.0. The Balaban J connectivity index is 1.43. The number of nitrogens with one attached hydrogen (secondary N) is 1. The van der Waals surface area contributed by atoms with Crippen molar-refractivity contribution in [1.29, 1.82) is 0 Å². The molecule has 3 rings (SSSR count). The summed E-state index contributed by atoms with van der Waals surface area (Å²) in [7, 11) is 1.80. The van der Waals surface area contributed by atoms with Crippen molar-refractivity contribution in [3.63, 3.8) is 0 Å². The summed E-state index contributed by atoms with van der Waals surface area (Å²) in [6.07, 6.45) is 2.64. The van der Waals surface area contributed by atoms with E-state index in [2.05, 4.69) is 30.8 Å². The van der Waals surface area contributed by atoms with Gasteiger partial charge >= 0.3 is 6.09 Å². The van der Waals surface area contributed by atoms with Gasteiger partial charge in [0.05, 0.1) is 24.0 Å². The highest BCUT2D eigenvalue weighted by atomic mass is 16.6. The molecule has 2 heterocycles. The molecule has 0 saturated carbocycles. The van der Waals surface area contributed by atoms with Crippen LogP contribution in [0.1, 0.15) is 13.3 Å². The van der Waals surface area contributed by atoms with Gasteiger partial charge in [-0.2, -0.15) is 0 Å². The largest absolute Gasteiger partial charge is 0.450 e. The Morgan fingerprint density at radius 3 is 2.70 bits per heavy atom. The minimum absolute atomic E-state index is 0.229. The van der Waals surface area contributed by atoms with E-state index < -0.39 is 0 Å². The second-order valence-electron chi connectivity index (χ2n) is 6.43. The van der Waals surface area contributed by atoms with Gasteiger partial charge in [0.1, 0.15) is 0 Å². The molecule has 1 N–H and O–H groups in total. The Labute approximate surface area is 159 Å². The second kappa shape index (κ2) is 9.25. The van der Waals surface area contributed by atoms with Crippen LogP contribution in [0.5, 0.6) is 0 Å². The van der Waals surface area contributed by atoms with Crippen LogP contribution in [0.2, 0.25) is 0 Å². The van der Waals surface area contributed by atoms with Gasteiger partial charge in [0.2, 0.25) is 0 Å². The van der Waals surface area contributed by atoms with Crippen molar-refractivity contribution in [3.05, 3.63) is 30.6 Å². The normalized spacial score (nSPS) is 15.3. The predicted molar refractivity (Wildman–Crippen MR) is 106 cm³/mol. The van der Waals surface area contributed by atoms with Gasteiger partial charge in [0.15, 0.2) is 5.96 Å². The highest BCUT2D eigenvalue weighted by Crippen LogP contribution is 2.12. The summed E-state index contributed by atoms with van der Waals surface area (Å²) >= 11 is 0. The number of nitrogens with zero attached hydrogens (tertiary/aromatic N) is 5. The lowest BCUT2D eigenvalue weighted by Crippen LogP contribution is -2.54. The molecule has 27 heavy (non-hydrogen) atoms. The maximum absolute atomic E-state index is 11.8. The van der Waals surface area contributed by atoms with Crippen LogP contribution in [0.15, 0.2) is 35.6 Å². The van der Waals surface area contributed by atoms with Crippen LogP contribution in [-0.4, -0.2) is 77.8 Å². The number of aliphatic imine (C=N–C) groups is 1. The Bertz CT molecular complexity index is 779. The van der Waals surface area contributed by atoms with Crippen LogP contribution < -0.4 is 5.32 Å². The maximum atomic E-state index is 11.8. The molecule has 1 saturated heterocycles. The Kier molecular flexibility index (Phi) is 6.51. The first-order valence-corrected chi connectivity index (χ1v) is 9.50. The number of carbonyl (C=O) groups is 1. The lowest BCUT2D eigenvalue weighted by molar-refractivity contribution is 0.0914. The number of amides is 1. The Hall–Kier alpha value is -2.77. The molecule has 1 fully saturated rings. The molecule has 0 unspecified atom stereocenters. The molecule has 8 heteroatoms.